The summed E-state index contributed by atoms with van der Waals surface area (Å²) >= 11 is -1.71. The fourth-order valence-corrected chi connectivity index (χ4v) is 6.41. The van der Waals surface area contributed by atoms with Gasteiger partial charge in [0.2, 0.25) is 0 Å². The highest BCUT2D eigenvalue weighted by molar-refractivity contribution is 14.1. The second kappa shape index (κ2) is 12.6. The first-order valence-corrected chi connectivity index (χ1v) is 14.9. The maximum absolute atomic E-state index is 15.3. The van der Waals surface area contributed by atoms with E-state index in [1.807, 2.05) is 0 Å². The van der Waals surface area contributed by atoms with Crippen molar-refractivity contribution in [2.45, 2.75) is 71.6 Å². The standard InChI is InChI=1S/C22H6F26I2N/c23-11(24,13(27,28)15(31,32)17(35,36)19(39,40)21(43,44)45)8-5-51-10(50-7-3-1-6(49)2-4-7)9(8)12(25,26)14(29,30)16(33,34)18(37,38)20(41,42)22(46,47)48/h1-5,51H/q+1. The summed E-state index contributed by atoms with van der Waals surface area (Å²) in [5, 5.41) is 0. The van der Waals surface area contributed by atoms with E-state index in [0.717, 1.165) is 17.1 Å². The molecule has 0 bridgehead atoms. The molecule has 0 fully saturated rings. The summed E-state index contributed by atoms with van der Waals surface area (Å²) < 4.78 is 355. The van der Waals surface area contributed by atoms with Gasteiger partial charge in [0, 0.05) is 9.77 Å². The summed E-state index contributed by atoms with van der Waals surface area (Å²) in [4.78, 5) is 0.883. The first kappa shape index (κ1) is 45.3. The van der Waals surface area contributed by atoms with Crippen LogP contribution in [0.1, 0.15) is 11.1 Å². The van der Waals surface area contributed by atoms with E-state index in [9.17, 15) is 96.6 Å². The van der Waals surface area contributed by atoms with Gasteiger partial charge in [-0.3, -0.25) is 0 Å². The number of halogens is 28. The lowest BCUT2D eigenvalue weighted by Crippen LogP contribution is -3.62. The Hall–Kier alpha value is -1.86. The van der Waals surface area contributed by atoms with E-state index in [1.165, 1.54) is 22.6 Å². The van der Waals surface area contributed by atoms with Gasteiger partial charge < -0.3 is 4.98 Å². The number of H-pyrrole nitrogens is 1. The molecule has 0 unspecified atom stereocenters. The van der Waals surface area contributed by atoms with Crippen molar-refractivity contribution in [1.82, 2.24) is 4.98 Å². The van der Waals surface area contributed by atoms with Crippen LogP contribution in [-0.4, -0.2) is 64.7 Å². The van der Waals surface area contributed by atoms with E-state index >= 15 is 17.6 Å². The first-order valence-electron chi connectivity index (χ1n) is 11.6. The van der Waals surface area contributed by atoms with Gasteiger partial charge in [-0.15, -0.1) is 0 Å². The van der Waals surface area contributed by atoms with Gasteiger partial charge in [-0.1, -0.05) is 0 Å². The van der Waals surface area contributed by atoms with Crippen LogP contribution in [0, 0.1) is 10.8 Å². The Labute approximate surface area is 286 Å². The second-order valence-corrected chi connectivity index (χ2v) is 13.8. The number of nitrogens with one attached hydrogen (secondary N) is 1. The van der Waals surface area contributed by atoms with Crippen LogP contribution in [-0.2, 0) is 11.8 Å². The van der Waals surface area contributed by atoms with E-state index in [2.05, 4.69) is 0 Å². The van der Waals surface area contributed by atoms with Gasteiger partial charge in [0.05, 0.1) is 5.56 Å². The Bertz CT molecular complexity index is 1560. The van der Waals surface area contributed by atoms with Crippen LogP contribution in [0.25, 0.3) is 0 Å². The third-order valence-corrected chi connectivity index (χ3v) is 9.81. The molecule has 1 heterocycles. The molecule has 0 aliphatic heterocycles. The Balaban J connectivity index is 3.06. The second-order valence-electron chi connectivity index (χ2n) is 9.66. The molecule has 0 saturated heterocycles. The third kappa shape index (κ3) is 6.34. The predicted octanol–water partition coefficient (Wildman–Crippen LogP) is 8.14. The summed E-state index contributed by atoms with van der Waals surface area (Å²) in [7, 11) is 0. The smallest absolute Gasteiger partial charge is 0.323 e. The van der Waals surface area contributed by atoms with Gasteiger partial charge in [0.25, 0.3) is 3.70 Å². The minimum Gasteiger partial charge on any atom is -0.323 e. The van der Waals surface area contributed by atoms with Crippen molar-refractivity contribution in [1.29, 1.82) is 0 Å². The van der Waals surface area contributed by atoms with E-state index in [-0.39, 0.29) is 3.57 Å². The summed E-state index contributed by atoms with van der Waals surface area (Å²) in [5.74, 6) is -85.2. The van der Waals surface area contributed by atoms with Crippen LogP contribution in [0.4, 0.5) is 114 Å². The molecule has 294 valence electrons. The van der Waals surface area contributed by atoms with Gasteiger partial charge in [-0.05, 0) is 46.9 Å². The number of rotatable bonds is 12. The van der Waals surface area contributed by atoms with Crippen molar-refractivity contribution >= 4 is 22.6 Å². The number of hydrogen-bond acceptors (Lipinski definition) is 0. The van der Waals surface area contributed by atoms with Crippen LogP contribution in [0.3, 0.4) is 0 Å². The molecule has 0 atom stereocenters. The van der Waals surface area contributed by atoms with Crippen molar-refractivity contribution in [3.63, 3.8) is 0 Å². The highest BCUT2D eigenvalue weighted by Crippen LogP contribution is 2.65. The lowest BCUT2D eigenvalue weighted by Gasteiger charge is -2.41. The Morgan fingerprint density at radius 3 is 1.06 bits per heavy atom. The number of alkyl halides is 26. The topological polar surface area (TPSA) is 15.8 Å². The fraction of sp³-hybridized carbons (Fsp3) is 0.545. The lowest BCUT2D eigenvalue weighted by atomic mass is 9.86. The quantitative estimate of drug-likeness (QED) is 0.164. The summed E-state index contributed by atoms with van der Waals surface area (Å²) in [6, 6.07) is 3.24. The largest absolute Gasteiger partial charge is 0.460 e. The molecule has 51 heavy (non-hydrogen) atoms. The molecule has 1 aromatic heterocycles. The summed E-state index contributed by atoms with van der Waals surface area (Å²) in [6.45, 7) is 0. The summed E-state index contributed by atoms with van der Waals surface area (Å²) in [5.41, 5.74) is -8.21. The molecule has 2 aromatic rings. The predicted molar refractivity (Wildman–Crippen MR) is 117 cm³/mol. The van der Waals surface area contributed by atoms with Gasteiger partial charge in [0.1, 0.15) is 5.56 Å². The molecular weight excluding hydrogens is 1030 g/mol. The molecule has 2 rings (SSSR count). The van der Waals surface area contributed by atoms with Crippen LogP contribution >= 0.6 is 22.6 Å². The van der Waals surface area contributed by atoms with Crippen LogP contribution in [0.2, 0.25) is 0 Å². The maximum Gasteiger partial charge on any atom is 0.460 e. The van der Waals surface area contributed by atoms with Gasteiger partial charge >= 0.3 is 92.8 Å². The van der Waals surface area contributed by atoms with Gasteiger partial charge in [-0.2, -0.15) is 114 Å². The molecule has 0 saturated carbocycles. The summed E-state index contributed by atoms with van der Waals surface area (Å²) in [6.07, 6.45) is -17.3. The lowest BCUT2D eigenvalue weighted by molar-refractivity contribution is -0.605. The Morgan fingerprint density at radius 2 is 0.725 bits per heavy atom. The normalized spacial score (nSPS) is 15.8. The molecule has 1 nitrogen and oxygen atoms in total. The monoisotopic (exact) mass is 1030 g/mol. The minimum absolute atomic E-state index is 0.169. The average Bonchev–Trinajstić information content (AvgIpc) is 3.37. The van der Waals surface area contributed by atoms with Gasteiger partial charge in [-0.25, -0.2) is 0 Å². The number of hydrogen-bond donors (Lipinski definition) is 1. The van der Waals surface area contributed by atoms with Crippen molar-refractivity contribution in [3.8, 4) is 0 Å². The molecule has 0 aliphatic rings. The van der Waals surface area contributed by atoms with Crippen LogP contribution in [0.5, 0.6) is 0 Å². The fourth-order valence-electron chi connectivity index (χ4n) is 3.49. The molecule has 0 radical (unpaired) electrons. The SMILES string of the molecule is FC(F)(F)C(F)(F)C(F)(F)C(F)(F)C(F)(F)C(F)(F)c1c[nH]c([I+]c2ccc(I)cc2)c1C(F)(F)C(F)(F)C(F)(F)C(F)(F)C(F)(F)C(F)(F)F. The molecule has 0 aliphatic carbocycles. The van der Waals surface area contributed by atoms with Crippen LogP contribution < -0.4 is 21.2 Å². The molecule has 1 aromatic carbocycles. The number of aromatic amines is 1. The highest BCUT2D eigenvalue weighted by atomic mass is 127. The van der Waals surface area contributed by atoms with Crippen LogP contribution in [0.15, 0.2) is 30.5 Å². The first-order chi connectivity index (χ1) is 22.1. The van der Waals surface area contributed by atoms with Crippen molar-refractivity contribution in [3.05, 3.63) is 52.4 Å². The Morgan fingerprint density at radius 1 is 0.412 bits per heavy atom. The molecule has 1 N–H and O–H groups in total. The molecular formula is C22H6F26I2N+. The zero-order valence-corrected chi connectivity index (χ0v) is 26.8. The zero-order chi connectivity index (χ0) is 40.8. The number of aromatic nitrogens is 1. The van der Waals surface area contributed by atoms with Gasteiger partial charge in [0.15, 0.2) is 3.57 Å². The van der Waals surface area contributed by atoms with E-state index in [1.54, 1.807) is 0 Å². The average molecular weight is 1030 g/mol. The van der Waals surface area contributed by atoms with E-state index in [0.29, 0.717) is 12.1 Å². The molecule has 0 amide bonds. The maximum atomic E-state index is 15.3. The van der Waals surface area contributed by atoms with Crippen molar-refractivity contribution in [2.24, 2.45) is 0 Å². The third-order valence-electron chi connectivity index (χ3n) is 6.36. The van der Waals surface area contributed by atoms with Crippen molar-refractivity contribution < 1.29 is 135 Å². The molecule has 29 heteroatoms. The molecule has 0 spiro atoms. The number of benzene rings is 1. The minimum atomic E-state index is -8.83. The Kier molecular flexibility index (Phi) is 11.2. The van der Waals surface area contributed by atoms with E-state index < -0.39 is 117 Å². The zero-order valence-electron chi connectivity index (χ0n) is 22.5. The van der Waals surface area contributed by atoms with E-state index in [4.69, 9.17) is 0 Å². The highest BCUT2D eigenvalue weighted by Gasteiger charge is 2.93. The van der Waals surface area contributed by atoms with Crippen molar-refractivity contribution in [2.75, 3.05) is 0 Å².